The molecule has 0 aliphatic rings. The van der Waals surface area contributed by atoms with Gasteiger partial charge in [-0.15, -0.1) is 0 Å². The zero-order chi connectivity index (χ0) is 21.7. The van der Waals surface area contributed by atoms with Gasteiger partial charge < -0.3 is 4.74 Å². The van der Waals surface area contributed by atoms with Crippen molar-refractivity contribution < 1.29 is 19.8 Å². The van der Waals surface area contributed by atoms with Gasteiger partial charge in [0.1, 0.15) is 12.1 Å². The maximum atomic E-state index is 11.8. The Balaban J connectivity index is -0.00000123. The van der Waals surface area contributed by atoms with E-state index in [1.165, 1.54) is 19.9 Å². The van der Waals surface area contributed by atoms with E-state index in [9.17, 15) is 9.59 Å². The Bertz CT molecular complexity index is 435. The summed E-state index contributed by atoms with van der Waals surface area (Å²) in [4.78, 5) is 24.8. The molecule has 0 bridgehead atoms. The number of nitrogens with zero attached hydrogens (tertiary/aromatic N) is 1. The Labute approximate surface area is 143 Å². The normalized spacial score (nSPS) is 17.8. The number of allylic oxidation sites excluding steroid dienone is 2. The summed E-state index contributed by atoms with van der Waals surface area (Å²) in [5.41, 5.74) is 0. The number of ketones is 1. The Hall–Kier alpha value is -1.16. The van der Waals surface area contributed by atoms with Gasteiger partial charge in [0, 0.05) is 11.0 Å². The van der Waals surface area contributed by atoms with Crippen molar-refractivity contribution >= 4 is 11.8 Å². The molecule has 4 nitrogen and oxygen atoms in total. The van der Waals surface area contributed by atoms with Gasteiger partial charge in [-0.1, -0.05) is 46.7 Å². The standard InChI is InChI=1S/C14H25NO3.2C2H6/c1-7-8-9-10(2)14(18-12(4)17)13(11(3)16)15(5)6;2*1-2/h7-8,10,13-14H,9H2,1-6H3;2*1-2H3/t10-,13-,14?;;/m1../s1/i1D3,7D;;. The molecule has 1 unspecified atom stereocenters. The average Bonchev–Trinajstić information content (AvgIpc) is 2.53. The van der Waals surface area contributed by atoms with E-state index >= 15 is 0 Å². The van der Waals surface area contributed by atoms with Gasteiger partial charge in [-0.05, 0) is 40.2 Å². The van der Waals surface area contributed by atoms with Crippen molar-refractivity contribution in [3.8, 4) is 0 Å². The molecule has 0 heterocycles. The number of likely N-dealkylation sites (N-methyl/N-ethyl adjacent to an activating group) is 1. The second kappa shape index (κ2) is 16.2. The molecular formula is C18H37NO3. The van der Waals surface area contributed by atoms with Crippen molar-refractivity contribution in [2.75, 3.05) is 14.1 Å². The molecule has 0 N–H and O–H groups in total. The average molecular weight is 320 g/mol. The Kier molecular flexibility index (Phi) is 12.7. The van der Waals surface area contributed by atoms with Crippen LogP contribution in [0.1, 0.15) is 67.2 Å². The number of hydrogen-bond acceptors (Lipinski definition) is 4. The van der Waals surface area contributed by atoms with Gasteiger partial charge in [0.05, 0.1) is 1.37 Å². The first-order valence-corrected chi connectivity index (χ1v) is 7.89. The summed E-state index contributed by atoms with van der Waals surface area (Å²) in [6.07, 6.45) is 0.819. The lowest BCUT2D eigenvalue weighted by Gasteiger charge is -2.33. The molecule has 22 heavy (non-hydrogen) atoms. The van der Waals surface area contributed by atoms with Gasteiger partial charge in [0.2, 0.25) is 0 Å². The molecule has 0 aromatic heterocycles. The van der Waals surface area contributed by atoms with E-state index in [4.69, 9.17) is 10.2 Å². The third-order valence-corrected chi connectivity index (χ3v) is 2.74. The number of carbonyl (C=O) groups excluding carboxylic acids is 2. The first-order chi connectivity index (χ1) is 11.9. The van der Waals surface area contributed by atoms with Gasteiger partial charge in [-0.25, -0.2) is 0 Å². The zero-order valence-electron chi connectivity index (χ0n) is 19.7. The van der Waals surface area contributed by atoms with Crippen LogP contribution in [-0.2, 0) is 14.3 Å². The molecule has 0 aliphatic carbocycles. The maximum Gasteiger partial charge on any atom is 0.302 e. The van der Waals surface area contributed by atoms with Crippen LogP contribution in [0.3, 0.4) is 0 Å². The lowest BCUT2D eigenvalue weighted by Crippen LogP contribution is -2.49. The van der Waals surface area contributed by atoms with Gasteiger partial charge in [-0.3, -0.25) is 14.5 Å². The summed E-state index contributed by atoms with van der Waals surface area (Å²) in [7, 11) is 3.42. The van der Waals surface area contributed by atoms with Gasteiger partial charge in [0.25, 0.3) is 0 Å². The third kappa shape index (κ3) is 11.5. The Morgan fingerprint density at radius 1 is 1.23 bits per heavy atom. The zero-order valence-corrected chi connectivity index (χ0v) is 15.7. The number of Topliss-reactive ketones (excluding diaryl/α,β-unsaturated/α-hetero) is 1. The highest BCUT2D eigenvalue weighted by atomic mass is 16.5. The minimum Gasteiger partial charge on any atom is -0.460 e. The fraction of sp³-hybridized carbons (Fsp3) is 0.778. The third-order valence-electron chi connectivity index (χ3n) is 2.74. The molecule has 0 saturated heterocycles. The van der Waals surface area contributed by atoms with Crippen LogP contribution < -0.4 is 0 Å². The summed E-state index contributed by atoms with van der Waals surface area (Å²) in [5, 5.41) is 0. The molecule has 0 rings (SSSR count). The fourth-order valence-electron chi connectivity index (χ4n) is 1.95. The van der Waals surface area contributed by atoms with Gasteiger partial charge in [-0.2, -0.15) is 0 Å². The predicted octanol–water partition coefficient (Wildman–Crippen LogP) is 4.09. The van der Waals surface area contributed by atoms with E-state index in [0.717, 1.165) is 0 Å². The number of hydrogen-bond donors (Lipinski definition) is 0. The summed E-state index contributed by atoms with van der Waals surface area (Å²) < 4.78 is 34.2. The van der Waals surface area contributed by atoms with Crippen molar-refractivity contribution in [3.05, 3.63) is 12.1 Å². The molecule has 0 fully saturated rings. The second-order valence-electron chi connectivity index (χ2n) is 4.65. The van der Waals surface area contributed by atoms with E-state index < -0.39 is 31.0 Å². The Morgan fingerprint density at radius 3 is 2.05 bits per heavy atom. The van der Waals surface area contributed by atoms with E-state index in [1.807, 2.05) is 27.7 Å². The molecule has 0 amide bonds. The first kappa shape index (κ1) is 17.2. The van der Waals surface area contributed by atoms with Gasteiger partial charge >= 0.3 is 5.97 Å². The molecule has 0 aromatic carbocycles. The number of rotatable bonds is 7. The van der Waals surface area contributed by atoms with Crippen molar-refractivity contribution in [1.82, 2.24) is 4.90 Å². The number of ether oxygens (including phenoxy) is 1. The van der Waals surface area contributed by atoms with E-state index in [1.54, 1.807) is 25.9 Å². The number of esters is 1. The summed E-state index contributed by atoms with van der Waals surface area (Å²) in [6.45, 7) is 9.98. The SMILES string of the molecule is CC.CC.[2H]C(=CC[C@@H](C)C(OC(C)=O)[C@@H](C(C)=O)N(C)C)C([2H])([2H])[2H]. The minimum atomic E-state index is -2.46. The van der Waals surface area contributed by atoms with Gasteiger partial charge in [0.15, 0.2) is 5.78 Å². The molecule has 0 spiro atoms. The lowest BCUT2D eigenvalue weighted by atomic mass is 9.91. The smallest absolute Gasteiger partial charge is 0.302 e. The molecular weight excluding hydrogens is 278 g/mol. The van der Waals surface area contributed by atoms with E-state index in [2.05, 4.69) is 0 Å². The number of carbonyl (C=O) groups is 2. The Morgan fingerprint density at radius 2 is 1.73 bits per heavy atom. The summed E-state index contributed by atoms with van der Waals surface area (Å²) in [6, 6.07) is -1.07. The van der Waals surface area contributed by atoms with Crippen LogP contribution in [0, 0.1) is 5.92 Å². The van der Waals surface area contributed by atoms with Crippen LogP contribution in [0.25, 0.3) is 0 Å². The fourth-order valence-corrected chi connectivity index (χ4v) is 1.95. The van der Waals surface area contributed by atoms with Crippen molar-refractivity contribution in [3.63, 3.8) is 0 Å². The van der Waals surface area contributed by atoms with Crippen LogP contribution >= 0.6 is 0 Å². The molecule has 0 aromatic rings. The highest BCUT2D eigenvalue weighted by molar-refractivity contribution is 5.82. The van der Waals surface area contributed by atoms with Crippen LogP contribution in [0.15, 0.2) is 12.1 Å². The van der Waals surface area contributed by atoms with Crippen molar-refractivity contribution in [2.24, 2.45) is 5.92 Å². The lowest BCUT2D eigenvalue weighted by molar-refractivity contribution is -0.154. The monoisotopic (exact) mass is 319 g/mol. The minimum absolute atomic E-state index is 0.144. The van der Waals surface area contributed by atoms with E-state index in [-0.39, 0.29) is 18.1 Å². The van der Waals surface area contributed by atoms with Crippen LogP contribution in [0.4, 0.5) is 0 Å². The largest absolute Gasteiger partial charge is 0.460 e. The van der Waals surface area contributed by atoms with E-state index in [0.29, 0.717) is 0 Å². The van der Waals surface area contributed by atoms with Crippen LogP contribution in [-0.4, -0.2) is 42.9 Å². The van der Waals surface area contributed by atoms with Crippen LogP contribution in [0.5, 0.6) is 0 Å². The highest BCUT2D eigenvalue weighted by Crippen LogP contribution is 2.20. The highest BCUT2D eigenvalue weighted by Gasteiger charge is 2.33. The summed E-state index contributed by atoms with van der Waals surface area (Å²) >= 11 is 0. The second-order valence-corrected chi connectivity index (χ2v) is 4.65. The molecule has 3 atom stereocenters. The van der Waals surface area contributed by atoms with Crippen LogP contribution in [0.2, 0.25) is 0 Å². The summed E-state index contributed by atoms with van der Waals surface area (Å²) in [5.74, 6) is -0.951. The quantitative estimate of drug-likeness (QED) is 0.524. The topological polar surface area (TPSA) is 46.6 Å². The molecule has 0 saturated carbocycles. The molecule has 0 aliphatic heterocycles. The molecule has 4 heteroatoms. The maximum absolute atomic E-state index is 11.8. The molecule has 132 valence electrons. The van der Waals surface area contributed by atoms with Crippen molar-refractivity contribution in [2.45, 2.75) is 73.9 Å². The van der Waals surface area contributed by atoms with Crippen molar-refractivity contribution in [1.29, 1.82) is 0 Å². The first-order valence-electron chi connectivity index (χ1n) is 9.89. The molecule has 0 radical (unpaired) electrons. The predicted molar refractivity (Wildman–Crippen MR) is 95.0 cm³/mol.